The maximum absolute atomic E-state index is 13.7. The predicted octanol–water partition coefficient (Wildman–Crippen LogP) is 1.86. The van der Waals surface area contributed by atoms with E-state index in [9.17, 15) is 27.2 Å². The Morgan fingerprint density at radius 1 is 1.03 bits per heavy atom. The van der Waals surface area contributed by atoms with Crippen LogP contribution in [0.2, 0.25) is 0 Å². The number of ether oxygens (including phenoxy) is 1. The normalized spacial score (nSPS) is 15.0. The van der Waals surface area contributed by atoms with Gasteiger partial charge in [0, 0.05) is 19.0 Å². The molecule has 2 amide bonds. The number of carbonyl (C=O) groups excluding carboxylic acids is 3. The number of benzene rings is 2. The van der Waals surface area contributed by atoms with Crippen LogP contribution in [0, 0.1) is 11.7 Å². The number of nitrogens with zero attached hydrogens (tertiary/aromatic N) is 1. The first-order valence-electron chi connectivity index (χ1n) is 10.4. The van der Waals surface area contributed by atoms with Gasteiger partial charge in [0.15, 0.2) is 0 Å². The Balaban J connectivity index is 1.54. The minimum Gasteiger partial charge on any atom is -0.462 e. The maximum Gasteiger partial charge on any atom is 0.338 e. The van der Waals surface area contributed by atoms with Gasteiger partial charge < -0.3 is 4.74 Å². The average molecular weight is 478 g/mol. The minimum atomic E-state index is -3.79. The molecule has 33 heavy (non-hydrogen) atoms. The topological polar surface area (TPSA) is 122 Å². The van der Waals surface area contributed by atoms with E-state index in [1.807, 2.05) is 0 Å². The van der Waals surface area contributed by atoms with Gasteiger partial charge in [-0.15, -0.1) is 0 Å². The Morgan fingerprint density at radius 3 is 2.27 bits per heavy atom. The van der Waals surface area contributed by atoms with Crippen molar-refractivity contribution < 1.29 is 31.9 Å². The van der Waals surface area contributed by atoms with E-state index in [-0.39, 0.29) is 48.6 Å². The lowest BCUT2D eigenvalue weighted by Gasteiger charge is -2.30. The van der Waals surface area contributed by atoms with Crippen LogP contribution in [0.1, 0.15) is 40.5 Å². The van der Waals surface area contributed by atoms with Crippen molar-refractivity contribution in [3.8, 4) is 0 Å². The number of piperidine rings is 1. The third kappa shape index (κ3) is 5.74. The molecule has 0 aliphatic carbocycles. The molecule has 1 heterocycles. The fraction of sp³-hybridized carbons (Fsp3) is 0.318. The number of hydrogen-bond donors (Lipinski definition) is 2. The van der Waals surface area contributed by atoms with Gasteiger partial charge in [0.25, 0.3) is 5.91 Å². The Kier molecular flexibility index (Phi) is 7.77. The first-order valence-corrected chi connectivity index (χ1v) is 11.8. The molecule has 11 heteroatoms. The molecule has 1 aliphatic rings. The highest BCUT2D eigenvalue weighted by Gasteiger charge is 2.32. The van der Waals surface area contributed by atoms with E-state index in [0.717, 1.165) is 6.07 Å². The highest BCUT2D eigenvalue weighted by Crippen LogP contribution is 2.24. The van der Waals surface area contributed by atoms with Crippen LogP contribution in [0.15, 0.2) is 53.4 Å². The van der Waals surface area contributed by atoms with Crippen LogP contribution in [0.25, 0.3) is 0 Å². The van der Waals surface area contributed by atoms with Crippen molar-refractivity contribution >= 4 is 27.8 Å². The van der Waals surface area contributed by atoms with Crippen molar-refractivity contribution in [1.29, 1.82) is 0 Å². The minimum absolute atomic E-state index is 0.0376. The summed E-state index contributed by atoms with van der Waals surface area (Å²) in [6, 6.07) is 10.8. The zero-order valence-electron chi connectivity index (χ0n) is 17.9. The van der Waals surface area contributed by atoms with Crippen LogP contribution in [-0.2, 0) is 19.6 Å². The molecule has 0 bridgehead atoms. The number of amides is 2. The molecule has 2 N–H and O–H groups in total. The van der Waals surface area contributed by atoms with Crippen molar-refractivity contribution in [1.82, 2.24) is 15.2 Å². The smallest absolute Gasteiger partial charge is 0.338 e. The van der Waals surface area contributed by atoms with Crippen LogP contribution in [0.4, 0.5) is 4.39 Å². The average Bonchev–Trinajstić information content (AvgIpc) is 2.83. The van der Waals surface area contributed by atoms with Crippen molar-refractivity contribution in [2.24, 2.45) is 5.92 Å². The lowest BCUT2D eigenvalue weighted by Crippen LogP contribution is -2.48. The molecule has 0 aromatic heterocycles. The monoisotopic (exact) mass is 477 g/mol. The zero-order chi connectivity index (χ0) is 24.0. The summed E-state index contributed by atoms with van der Waals surface area (Å²) in [5.41, 5.74) is 4.50. The van der Waals surface area contributed by atoms with Gasteiger partial charge in [0.2, 0.25) is 15.9 Å². The van der Waals surface area contributed by atoms with Gasteiger partial charge in [0.1, 0.15) is 5.82 Å². The second-order valence-electron chi connectivity index (χ2n) is 7.35. The third-order valence-electron chi connectivity index (χ3n) is 5.25. The number of sulfonamides is 1. The molecule has 0 saturated carbocycles. The Bertz CT molecular complexity index is 1130. The first-order chi connectivity index (χ1) is 15.7. The number of hydrazine groups is 1. The molecular formula is C22H24FN3O6S. The van der Waals surface area contributed by atoms with E-state index in [4.69, 9.17) is 4.74 Å². The molecule has 2 aromatic carbocycles. The van der Waals surface area contributed by atoms with Crippen molar-refractivity contribution in [2.45, 2.75) is 24.7 Å². The van der Waals surface area contributed by atoms with Crippen molar-refractivity contribution in [2.75, 3.05) is 19.7 Å². The molecule has 1 aliphatic heterocycles. The maximum atomic E-state index is 13.7. The number of halogens is 1. The molecule has 176 valence electrons. The number of nitrogens with one attached hydrogen (secondary N) is 2. The largest absolute Gasteiger partial charge is 0.462 e. The van der Waals surface area contributed by atoms with Gasteiger partial charge in [0.05, 0.1) is 22.6 Å². The summed E-state index contributed by atoms with van der Waals surface area (Å²) in [6.07, 6.45) is 0.503. The zero-order valence-corrected chi connectivity index (χ0v) is 18.7. The Hall–Kier alpha value is -3.31. The number of carbonyl (C=O) groups is 3. The number of esters is 1. The van der Waals surface area contributed by atoms with E-state index < -0.39 is 39.5 Å². The fourth-order valence-corrected chi connectivity index (χ4v) is 4.89. The van der Waals surface area contributed by atoms with E-state index in [1.54, 1.807) is 6.92 Å². The molecule has 9 nitrogen and oxygen atoms in total. The van der Waals surface area contributed by atoms with Crippen LogP contribution in [-0.4, -0.2) is 50.2 Å². The van der Waals surface area contributed by atoms with E-state index in [2.05, 4.69) is 10.9 Å². The summed E-state index contributed by atoms with van der Waals surface area (Å²) in [5, 5.41) is 0. The summed E-state index contributed by atoms with van der Waals surface area (Å²) in [4.78, 5) is 36.2. The molecule has 0 atom stereocenters. The molecule has 0 unspecified atom stereocenters. The predicted molar refractivity (Wildman–Crippen MR) is 116 cm³/mol. The molecular weight excluding hydrogens is 453 g/mol. The first kappa shape index (κ1) is 24.3. The van der Waals surface area contributed by atoms with Gasteiger partial charge in [-0.3, -0.25) is 20.4 Å². The Labute approximate surface area is 190 Å². The van der Waals surface area contributed by atoms with Crippen molar-refractivity contribution in [3.05, 3.63) is 65.5 Å². The van der Waals surface area contributed by atoms with E-state index in [0.29, 0.717) is 0 Å². The summed E-state index contributed by atoms with van der Waals surface area (Å²) in [6.45, 7) is 2.12. The van der Waals surface area contributed by atoms with Crippen LogP contribution >= 0.6 is 0 Å². The third-order valence-corrected chi connectivity index (χ3v) is 7.16. The van der Waals surface area contributed by atoms with Gasteiger partial charge in [-0.2, -0.15) is 4.31 Å². The highest BCUT2D eigenvalue weighted by atomic mass is 32.2. The van der Waals surface area contributed by atoms with Gasteiger partial charge in [-0.05, 0) is 56.2 Å². The summed E-state index contributed by atoms with van der Waals surface area (Å²) in [5.74, 6) is -3.01. The quantitative estimate of drug-likeness (QED) is 0.484. The number of hydrogen-bond acceptors (Lipinski definition) is 6. The van der Waals surface area contributed by atoms with Gasteiger partial charge in [-0.25, -0.2) is 17.6 Å². The van der Waals surface area contributed by atoms with E-state index in [1.165, 1.54) is 46.8 Å². The van der Waals surface area contributed by atoms with Crippen LogP contribution in [0.5, 0.6) is 0 Å². The van der Waals surface area contributed by atoms with Gasteiger partial charge in [-0.1, -0.05) is 12.1 Å². The summed E-state index contributed by atoms with van der Waals surface area (Å²) in [7, 11) is -3.79. The summed E-state index contributed by atoms with van der Waals surface area (Å²) >= 11 is 0. The second kappa shape index (κ2) is 10.5. The fourth-order valence-electron chi connectivity index (χ4n) is 3.42. The van der Waals surface area contributed by atoms with E-state index >= 15 is 0 Å². The highest BCUT2D eigenvalue weighted by molar-refractivity contribution is 7.89. The Morgan fingerprint density at radius 2 is 1.67 bits per heavy atom. The van der Waals surface area contributed by atoms with Crippen LogP contribution in [0.3, 0.4) is 0 Å². The second-order valence-corrected chi connectivity index (χ2v) is 9.28. The molecule has 3 rings (SSSR count). The lowest BCUT2D eigenvalue weighted by atomic mass is 9.98. The SMILES string of the molecule is CCOC(=O)c1ccc(S(=O)(=O)N2CCC(C(=O)NNC(=O)c3ccccc3F)CC2)cc1. The van der Waals surface area contributed by atoms with Crippen molar-refractivity contribution in [3.63, 3.8) is 0 Å². The standard InChI is InChI=1S/C22H24FN3O6S/c1-2-32-22(29)16-7-9-17(10-8-16)33(30,31)26-13-11-15(12-14-26)20(27)24-25-21(28)18-5-3-4-6-19(18)23/h3-10,15H,2,11-14H2,1H3,(H,24,27)(H,25,28). The molecule has 0 radical (unpaired) electrons. The molecule has 0 spiro atoms. The van der Waals surface area contributed by atoms with Gasteiger partial charge >= 0.3 is 5.97 Å². The van der Waals surface area contributed by atoms with Crippen LogP contribution < -0.4 is 10.9 Å². The molecule has 2 aromatic rings. The molecule has 1 saturated heterocycles. The molecule has 1 fully saturated rings. The lowest BCUT2D eigenvalue weighted by molar-refractivity contribution is -0.126. The summed E-state index contributed by atoms with van der Waals surface area (Å²) < 4.78 is 45.6. The number of rotatable bonds is 6.